The number of rotatable bonds is 6. The van der Waals surface area contributed by atoms with Crippen LogP contribution in [0.2, 0.25) is 0 Å². The Hall–Kier alpha value is -2.57. The highest BCUT2D eigenvalue weighted by Gasteiger charge is 2.28. The Morgan fingerprint density at radius 2 is 1.74 bits per heavy atom. The van der Waals surface area contributed by atoms with Gasteiger partial charge in [0, 0.05) is 45.2 Å². The number of likely N-dealkylation sites (tertiary alicyclic amines) is 2. The van der Waals surface area contributed by atoms with E-state index in [2.05, 4.69) is 39.9 Å². The van der Waals surface area contributed by atoms with E-state index in [0.717, 1.165) is 45.3 Å². The average molecular weight is 428 g/mol. The van der Waals surface area contributed by atoms with Crippen molar-refractivity contribution >= 4 is 17.8 Å². The van der Waals surface area contributed by atoms with Crippen LogP contribution in [-0.2, 0) is 16.0 Å². The second-order valence-electron chi connectivity index (χ2n) is 9.01. The minimum Gasteiger partial charge on any atom is -0.352 e. The maximum atomic E-state index is 12.7. The number of guanidine groups is 1. The number of amides is 2. The Kier molecular flexibility index (Phi) is 8.32. The quantitative estimate of drug-likeness (QED) is 0.537. The van der Waals surface area contributed by atoms with Crippen LogP contribution < -0.4 is 10.6 Å². The van der Waals surface area contributed by atoms with Crippen LogP contribution in [0.4, 0.5) is 0 Å². The lowest BCUT2D eigenvalue weighted by atomic mass is 9.90. The third-order valence-corrected chi connectivity index (χ3v) is 6.30. The summed E-state index contributed by atoms with van der Waals surface area (Å²) in [5, 5.41) is 6.51. The van der Waals surface area contributed by atoms with E-state index < -0.39 is 0 Å². The predicted octanol–water partition coefficient (Wildman–Crippen LogP) is 1.89. The highest BCUT2D eigenvalue weighted by molar-refractivity contribution is 5.86. The van der Waals surface area contributed by atoms with Crippen molar-refractivity contribution in [1.29, 1.82) is 0 Å². The van der Waals surface area contributed by atoms with Crippen LogP contribution in [0.1, 0.15) is 38.7 Å². The fraction of sp³-hybridized carbons (Fsp3) is 0.625. The molecule has 0 spiro atoms. The number of nitrogens with one attached hydrogen (secondary N) is 2. The molecule has 7 nitrogen and oxygen atoms in total. The molecule has 1 atom stereocenters. The Labute approximate surface area is 186 Å². The van der Waals surface area contributed by atoms with E-state index >= 15 is 0 Å². The normalized spacial score (nSPS) is 20.3. The summed E-state index contributed by atoms with van der Waals surface area (Å²) in [4.78, 5) is 32.9. The van der Waals surface area contributed by atoms with Crippen molar-refractivity contribution in [2.24, 2.45) is 16.8 Å². The van der Waals surface area contributed by atoms with E-state index in [-0.39, 0.29) is 30.3 Å². The van der Waals surface area contributed by atoms with Crippen molar-refractivity contribution in [2.75, 3.05) is 39.8 Å². The topological polar surface area (TPSA) is 77.0 Å². The van der Waals surface area contributed by atoms with Crippen molar-refractivity contribution in [2.45, 2.75) is 45.6 Å². The van der Waals surface area contributed by atoms with Crippen LogP contribution in [0.5, 0.6) is 0 Å². The summed E-state index contributed by atoms with van der Waals surface area (Å²) in [6, 6.07) is 10.8. The minimum atomic E-state index is 0.0191. The molecule has 2 aliphatic heterocycles. The second-order valence-corrected chi connectivity index (χ2v) is 9.01. The zero-order valence-electron chi connectivity index (χ0n) is 19.1. The summed E-state index contributed by atoms with van der Waals surface area (Å²) >= 11 is 0. The first kappa shape index (κ1) is 23.1. The number of aliphatic imine (C=N–C) groups is 1. The fourth-order valence-electron chi connectivity index (χ4n) is 4.44. The Bertz CT molecular complexity index is 756. The standard InChI is InChI=1S/C24H37N5O2/c1-18(2)23(31)29-14-11-21(17-29)27-24(25-3)26-16-22(30)28-12-9-20(10-13-28)15-19-7-5-4-6-8-19/h4-8,18,20-21H,9-17H2,1-3H3,(H2,25,26,27). The first-order valence-electron chi connectivity index (χ1n) is 11.5. The highest BCUT2D eigenvalue weighted by Crippen LogP contribution is 2.21. The molecule has 31 heavy (non-hydrogen) atoms. The van der Waals surface area contributed by atoms with Gasteiger partial charge in [-0.05, 0) is 37.2 Å². The molecule has 0 bridgehead atoms. The summed E-state index contributed by atoms with van der Waals surface area (Å²) in [6.07, 6.45) is 4.09. The molecular formula is C24H37N5O2. The van der Waals surface area contributed by atoms with Crippen LogP contribution in [0, 0.1) is 11.8 Å². The van der Waals surface area contributed by atoms with Crippen molar-refractivity contribution in [3.63, 3.8) is 0 Å². The van der Waals surface area contributed by atoms with E-state index in [9.17, 15) is 9.59 Å². The van der Waals surface area contributed by atoms with E-state index in [1.54, 1.807) is 7.05 Å². The van der Waals surface area contributed by atoms with Gasteiger partial charge < -0.3 is 20.4 Å². The predicted molar refractivity (Wildman–Crippen MR) is 124 cm³/mol. The molecule has 1 unspecified atom stereocenters. The molecule has 170 valence electrons. The van der Waals surface area contributed by atoms with Gasteiger partial charge in [-0.25, -0.2) is 0 Å². The molecule has 1 aromatic carbocycles. The van der Waals surface area contributed by atoms with Crippen molar-refractivity contribution < 1.29 is 9.59 Å². The SMILES string of the molecule is CN=C(NCC(=O)N1CCC(Cc2ccccc2)CC1)NC1CCN(C(=O)C(C)C)C1. The molecule has 0 aromatic heterocycles. The Balaban J connectivity index is 1.37. The second kappa shape index (κ2) is 11.2. The number of piperidine rings is 1. The third kappa shape index (κ3) is 6.71. The van der Waals surface area contributed by atoms with Crippen molar-refractivity contribution in [3.8, 4) is 0 Å². The zero-order valence-corrected chi connectivity index (χ0v) is 19.1. The van der Waals surface area contributed by atoms with Gasteiger partial charge in [-0.3, -0.25) is 14.6 Å². The lowest BCUT2D eigenvalue weighted by Gasteiger charge is -2.32. The van der Waals surface area contributed by atoms with Gasteiger partial charge in [0.1, 0.15) is 0 Å². The van der Waals surface area contributed by atoms with Crippen molar-refractivity contribution in [1.82, 2.24) is 20.4 Å². The van der Waals surface area contributed by atoms with Crippen LogP contribution in [0.3, 0.4) is 0 Å². The minimum absolute atomic E-state index is 0.0191. The van der Waals surface area contributed by atoms with Gasteiger partial charge in [0.15, 0.2) is 5.96 Å². The van der Waals surface area contributed by atoms with Gasteiger partial charge in [0.2, 0.25) is 11.8 Å². The molecule has 2 amide bonds. The molecule has 0 radical (unpaired) electrons. The van der Waals surface area contributed by atoms with Gasteiger partial charge in [-0.15, -0.1) is 0 Å². The number of benzene rings is 1. The molecule has 2 N–H and O–H groups in total. The molecule has 3 rings (SSSR count). The summed E-state index contributed by atoms with van der Waals surface area (Å²) < 4.78 is 0. The van der Waals surface area contributed by atoms with Gasteiger partial charge in [0.05, 0.1) is 6.54 Å². The molecule has 2 fully saturated rings. The largest absolute Gasteiger partial charge is 0.352 e. The third-order valence-electron chi connectivity index (χ3n) is 6.30. The molecule has 0 saturated carbocycles. The average Bonchev–Trinajstić information content (AvgIpc) is 3.25. The lowest BCUT2D eigenvalue weighted by molar-refractivity contribution is -0.133. The summed E-state index contributed by atoms with van der Waals surface area (Å²) in [6.45, 7) is 7.19. The number of hydrogen-bond donors (Lipinski definition) is 2. The highest BCUT2D eigenvalue weighted by atomic mass is 16.2. The number of hydrogen-bond acceptors (Lipinski definition) is 3. The number of carbonyl (C=O) groups is 2. The van der Waals surface area contributed by atoms with Crippen molar-refractivity contribution in [3.05, 3.63) is 35.9 Å². The maximum absolute atomic E-state index is 12.7. The molecule has 2 heterocycles. The first-order chi connectivity index (χ1) is 15.0. The monoisotopic (exact) mass is 427 g/mol. The molecule has 2 aliphatic rings. The smallest absolute Gasteiger partial charge is 0.241 e. The molecule has 0 aliphatic carbocycles. The molecular weight excluding hydrogens is 390 g/mol. The van der Waals surface area contributed by atoms with E-state index in [1.807, 2.05) is 29.7 Å². The molecule has 7 heteroatoms. The lowest BCUT2D eigenvalue weighted by Crippen LogP contribution is -2.49. The Morgan fingerprint density at radius 3 is 2.39 bits per heavy atom. The molecule has 2 saturated heterocycles. The zero-order chi connectivity index (χ0) is 22.2. The summed E-state index contributed by atoms with van der Waals surface area (Å²) in [7, 11) is 1.71. The van der Waals surface area contributed by atoms with Crippen LogP contribution in [-0.4, -0.2) is 73.4 Å². The maximum Gasteiger partial charge on any atom is 0.241 e. The van der Waals surface area contributed by atoms with Gasteiger partial charge in [-0.1, -0.05) is 44.2 Å². The van der Waals surface area contributed by atoms with Crippen LogP contribution in [0.25, 0.3) is 0 Å². The number of nitrogens with zero attached hydrogens (tertiary/aromatic N) is 3. The van der Waals surface area contributed by atoms with Gasteiger partial charge in [-0.2, -0.15) is 0 Å². The van der Waals surface area contributed by atoms with E-state index in [0.29, 0.717) is 18.4 Å². The van der Waals surface area contributed by atoms with Gasteiger partial charge >= 0.3 is 0 Å². The summed E-state index contributed by atoms with van der Waals surface area (Å²) in [5.41, 5.74) is 1.38. The number of carbonyl (C=O) groups excluding carboxylic acids is 2. The van der Waals surface area contributed by atoms with Crippen LogP contribution >= 0.6 is 0 Å². The van der Waals surface area contributed by atoms with E-state index in [1.165, 1.54) is 5.56 Å². The fourth-order valence-corrected chi connectivity index (χ4v) is 4.44. The first-order valence-corrected chi connectivity index (χ1v) is 11.5. The Morgan fingerprint density at radius 1 is 1.06 bits per heavy atom. The van der Waals surface area contributed by atoms with E-state index in [4.69, 9.17) is 0 Å². The molecule has 1 aromatic rings. The summed E-state index contributed by atoms with van der Waals surface area (Å²) in [5.74, 6) is 1.59. The van der Waals surface area contributed by atoms with Gasteiger partial charge in [0.25, 0.3) is 0 Å². The van der Waals surface area contributed by atoms with Crippen LogP contribution in [0.15, 0.2) is 35.3 Å².